The molecule has 0 fully saturated rings. The molecule has 0 N–H and O–H groups in total. The number of hydrogen-bond acceptors (Lipinski definition) is 3. The van der Waals surface area contributed by atoms with Gasteiger partial charge in [-0.05, 0) is 19.1 Å². The Morgan fingerprint density at radius 1 is 1.64 bits per heavy atom. The van der Waals surface area contributed by atoms with Gasteiger partial charge in [-0.2, -0.15) is 0 Å². The minimum Gasteiger partial charge on any atom is -0.462 e. The van der Waals surface area contributed by atoms with Crippen molar-refractivity contribution in [1.82, 2.24) is 4.98 Å². The third-order valence-electron chi connectivity index (χ3n) is 1.55. The Labute approximate surface area is 81.2 Å². The Bertz CT molecular complexity index is 335. The fourth-order valence-corrected chi connectivity index (χ4v) is 0.936. The normalized spacial score (nSPS) is 11.1. The van der Waals surface area contributed by atoms with Crippen LogP contribution in [0.3, 0.4) is 0 Å². The van der Waals surface area contributed by atoms with Crippen molar-refractivity contribution in [3.63, 3.8) is 0 Å². The standard InChI is InChI=1S/C10H10FNO2/c1-2-14-10(13)8(7-11)9-5-3-4-6-12-9/h3-7H,2H2,1H3/b8-7-. The molecule has 4 heteroatoms. The molecule has 0 aromatic carbocycles. The maximum absolute atomic E-state index is 12.4. The zero-order valence-corrected chi connectivity index (χ0v) is 7.74. The van der Waals surface area contributed by atoms with Crippen LogP contribution in [0.5, 0.6) is 0 Å². The van der Waals surface area contributed by atoms with Crippen LogP contribution in [0.4, 0.5) is 4.39 Å². The van der Waals surface area contributed by atoms with Crippen molar-refractivity contribution < 1.29 is 13.9 Å². The molecule has 3 nitrogen and oxygen atoms in total. The summed E-state index contributed by atoms with van der Waals surface area (Å²) in [5.74, 6) is -0.700. The van der Waals surface area contributed by atoms with Gasteiger partial charge in [-0.15, -0.1) is 0 Å². The van der Waals surface area contributed by atoms with Crippen molar-refractivity contribution in [3.8, 4) is 0 Å². The summed E-state index contributed by atoms with van der Waals surface area (Å²) in [6.45, 7) is 1.87. The fourth-order valence-electron chi connectivity index (χ4n) is 0.936. The van der Waals surface area contributed by atoms with Gasteiger partial charge in [0.25, 0.3) is 0 Å². The molecule has 0 atom stereocenters. The summed E-state index contributed by atoms with van der Waals surface area (Å²) in [4.78, 5) is 15.0. The number of esters is 1. The number of ether oxygens (including phenoxy) is 1. The molecule has 0 radical (unpaired) electrons. The monoisotopic (exact) mass is 195 g/mol. The molecule has 74 valence electrons. The second-order valence-electron chi connectivity index (χ2n) is 2.46. The lowest BCUT2D eigenvalue weighted by Crippen LogP contribution is -2.07. The minimum atomic E-state index is -0.700. The van der Waals surface area contributed by atoms with E-state index in [0.717, 1.165) is 0 Å². The van der Waals surface area contributed by atoms with Crippen LogP contribution >= 0.6 is 0 Å². The summed E-state index contributed by atoms with van der Waals surface area (Å²) in [5.41, 5.74) is 0.112. The second kappa shape index (κ2) is 5.11. The van der Waals surface area contributed by atoms with Crippen LogP contribution in [0.1, 0.15) is 12.6 Å². The first-order chi connectivity index (χ1) is 6.79. The highest BCUT2D eigenvalue weighted by Crippen LogP contribution is 2.13. The van der Waals surface area contributed by atoms with Crippen molar-refractivity contribution in [2.24, 2.45) is 0 Å². The lowest BCUT2D eigenvalue weighted by atomic mass is 10.2. The molecule has 0 amide bonds. The maximum atomic E-state index is 12.4. The van der Waals surface area contributed by atoms with E-state index in [0.29, 0.717) is 0 Å². The predicted octanol–water partition coefficient (Wildman–Crippen LogP) is 1.96. The highest BCUT2D eigenvalue weighted by Gasteiger charge is 2.13. The van der Waals surface area contributed by atoms with Crippen molar-refractivity contribution >= 4 is 11.5 Å². The average molecular weight is 195 g/mol. The second-order valence-corrected chi connectivity index (χ2v) is 2.46. The van der Waals surface area contributed by atoms with Gasteiger partial charge in [-0.1, -0.05) is 6.07 Å². The summed E-state index contributed by atoms with van der Waals surface area (Å²) in [6.07, 6.45) is 1.69. The zero-order chi connectivity index (χ0) is 10.4. The van der Waals surface area contributed by atoms with Crippen LogP contribution in [-0.4, -0.2) is 17.6 Å². The largest absolute Gasteiger partial charge is 0.462 e. The van der Waals surface area contributed by atoms with E-state index < -0.39 is 5.97 Å². The quantitative estimate of drug-likeness (QED) is 0.546. The van der Waals surface area contributed by atoms with Gasteiger partial charge in [0.15, 0.2) is 0 Å². The van der Waals surface area contributed by atoms with Crippen molar-refractivity contribution in [2.75, 3.05) is 6.61 Å². The van der Waals surface area contributed by atoms with E-state index in [4.69, 9.17) is 0 Å². The van der Waals surface area contributed by atoms with E-state index in [1.54, 1.807) is 25.1 Å². The van der Waals surface area contributed by atoms with E-state index in [-0.39, 0.29) is 24.2 Å². The van der Waals surface area contributed by atoms with Gasteiger partial charge < -0.3 is 4.74 Å². The number of halogens is 1. The highest BCUT2D eigenvalue weighted by molar-refractivity contribution is 6.15. The number of hydrogen-bond donors (Lipinski definition) is 0. The van der Waals surface area contributed by atoms with Gasteiger partial charge in [0.05, 0.1) is 12.3 Å². The highest BCUT2D eigenvalue weighted by atomic mass is 19.1. The van der Waals surface area contributed by atoms with Crippen LogP contribution in [0.2, 0.25) is 0 Å². The maximum Gasteiger partial charge on any atom is 0.342 e. The molecule has 1 rings (SSSR count). The number of aromatic nitrogens is 1. The third kappa shape index (κ3) is 2.39. The topological polar surface area (TPSA) is 39.2 Å². The SMILES string of the molecule is CCOC(=O)/C(=C\F)c1ccccn1. The number of nitrogens with zero attached hydrogens (tertiary/aromatic N) is 1. The van der Waals surface area contributed by atoms with Gasteiger partial charge in [0.2, 0.25) is 0 Å². The van der Waals surface area contributed by atoms with Gasteiger partial charge in [0, 0.05) is 6.20 Å². The Hall–Kier alpha value is -1.71. The van der Waals surface area contributed by atoms with Crippen molar-refractivity contribution in [2.45, 2.75) is 6.92 Å². The van der Waals surface area contributed by atoms with Gasteiger partial charge >= 0.3 is 5.97 Å². The molecule has 0 bridgehead atoms. The third-order valence-corrected chi connectivity index (χ3v) is 1.55. The lowest BCUT2D eigenvalue weighted by molar-refractivity contribution is -0.136. The molecule has 1 heterocycles. The molecule has 14 heavy (non-hydrogen) atoms. The van der Waals surface area contributed by atoms with E-state index in [1.807, 2.05) is 0 Å². The summed E-state index contributed by atoms with van der Waals surface area (Å²) in [5, 5.41) is 0. The molecule has 0 saturated heterocycles. The first kappa shape index (κ1) is 10.4. The molecular formula is C10H10FNO2. The Morgan fingerprint density at radius 3 is 2.93 bits per heavy atom. The molecule has 0 aliphatic heterocycles. The van der Waals surface area contributed by atoms with Crippen molar-refractivity contribution in [3.05, 3.63) is 36.4 Å². The van der Waals surface area contributed by atoms with E-state index in [9.17, 15) is 9.18 Å². The minimum absolute atomic E-state index is 0.160. The van der Waals surface area contributed by atoms with E-state index >= 15 is 0 Å². The number of pyridine rings is 1. The van der Waals surface area contributed by atoms with Gasteiger partial charge in [-0.25, -0.2) is 9.18 Å². The first-order valence-corrected chi connectivity index (χ1v) is 4.18. The molecule has 0 spiro atoms. The van der Waals surface area contributed by atoms with Gasteiger partial charge in [0.1, 0.15) is 11.9 Å². The fraction of sp³-hybridized carbons (Fsp3) is 0.200. The lowest BCUT2D eigenvalue weighted by Gasteiger charge is -2.03. The smallest absolute Gasteiger partial charge is 0.342 e. The summed E-state index contributed by atoms with van der Waals surface area (Å²) < 4.78 is 17.1. The van der Waals surface area contributed by atoms with E-state index in [2.05, 4.69) is 9.72 Å². The summed E-state index contributed by atoms with van der Waals surface area (Å²) in [7, 11) is 0. The van der Waals surface area contributed by atoms with Crippen molar-refractivity contribution in [1.29, 1.82) is 0 Å². The first-order valence-electron chi connectivity index (χ1n) is 4.18. The number of carbonyl (C=O) groups is 1. The molecule has 0 aliphatic carbocycles. The van der Waals surface area contributed by atoms with Crippen LogP contribution in [0.15, 0.2) is 30.7 Å². The Morgan fingerprint density at radius 2 is 2.43 bits per heavy atom. The number of rotatable bonds is 3. The van der Waals surface area contributed by atoms with Crippen LogP contribution in [0, 0.1) is 0 Å². The Kier molecular flexibility index (Phi) is 3.79. The van der Waals surface area contributed by atoms with Crippen LogP contribution in [-0.2, 0) is 9.53 Å². The van der Waals surface area contributed by atoms with E-state index in [1.165, 1.54) is 6.20 Å². The molecular weight excluding hydrogens is 185 g/mol. The van der Waals surface area contributed by atoms with Crippen LogP contribution in [0.25, 0.3) is 5.57 Å². The van der Waals surface area contributed by atoms with Gasteiger partial charge in [-0.3, -0.25) is 4.98 Å². The number of carbonyl (C=O) groups excluding carboxylic acids is 1. The molecule has 1 aromatic heterocycles. The molecule has 0 aliphatic rings. The Balaban J connectivity index is 2.89. The summed E-state index contributed by atoms with van der Waals surface area (Å²) in [6, 6.07) is 4.90. The molecule has 0 saturated carbocycles. The zero-order valence-electron chi connectivity index (χ0n) is 7.74. The molecule has 1 aromatic rings. The predicted molar refractivity (Wildman–Crippen MR) is 50.0 cm³/mol. The van der Waals surface area contributed by atoms with Crippen LogP contribution < -0.4 is 0 Å². The summed E-state index contributed by atoms with van der Waals surface area (Å²) >= 11 is 0. The molecule has 0 unspecified atom stereocenters. The average Bonchev–Trinajstić information content (AvgIpc) is 2.21.